The number of carbonyl (C=O) groups is 4. The molecule has 0 aliphatic carbocycles. The van der Waals surface area contributed by atoms with E-state index in [0.29, 0.717) is 17.0 Å². The highest BCUT2D eigenvalue weighted by Crippen LogP contribution is 2.33. The lowest BCUT2D eigenvalue weighted by Gasteiger charge is -2.08. The normalized spacial score (nSPS) is 10.6. The zero-order chi connectivity index (χ0) is 23.4. The molecule has 0 fully saturated rings. The summed E-state index contributed by atoms with van der Waals surface area (Å²) in [5, 5.41) is 13.0. The maximum absolute atomic E-state index is 12.4. The van der Waals surface area contributed by atoms with Gasteiger partial charge in [0.1, 0.15) is 10.8 Å². The molecule has 0 spiro atoms. The van der Waals surface area contributed by atoms with Crippen LogP contribution in [0.3, 0.4) is 0 Å². The monoisotopic (exact) mass is 459 g/mol. The van der Waals surface area contributed by atoms with Gasteiger partial charge in [0.2, 0.25) is 0 Å². The van der Waals surface area contributed by atoms with Crippen LogP contribution in [0.2, 0.25) is 0 Å². The molecule has 0 radical (unpaired) electrons. The maximum Gasteiger partial charge on any atom is 0.341 e. The number of ether oxygens (including phenoxy) is 2. The highest BCUT2D eigenvalue weighted by atomic mass is 32.1. The number of aryl methyl sites for hydroxylation is 1. The number of hydrogen-bond acceptors (Lipinski definition) is 9. The molecule has 3 heterocycles. The van der Waals surface area contributed by atoms with Gasteiger partial charge in [-0.15, -0.1) is 21.5 Å². The molecule has 0 aliphatic heterocycles. The number of pyridine rings is 1. The Morgan fingerprint density at radius 1 is 1.09 bits per heavy atom. The highest BCUT2D eigenvalue weighted by molar-refractivity contribution is 7.18. The Balaban J connectivity index is 1.73. The average molecular weight is 459 g/mol. The molecule has 2 N–H and O–H groups in total. The van der Waals surface area contributed by atoms with Crippen LogP contribution in [0.4, 0.5) is 5.00 Å². The number of aromatic nitrogens is 3. The lowest BCUT2D eigenvalue weighted by molar-refractivity contribution is -0.119. The second-order valence-corrected chi connectivity index (χ2v) is 7.60. The van der Waals surface area contributed by atoms with Crippen LogP contribution in [-0.2, 0) is 14.3 Å². The van der Waals surface area contributed by atoms with Gasteiger partial charge in [0.05, 0.1) is 22.6 Å². The topological polar surface area (TPSA) is 141 Å². The number of anilines is 1. The number of amides is 2. The minimum Gasteiger partial charge on any atom is -0.462 e. The third kappa shape index (κ3) is 4.59. The molecule has 0 unspecified atom stereocenters. The number of rotatable bonds is 7. The van der Waals surface area contributed by atoms with Crippen molar-refractivity contribution in [2.24, 2.45) is 0 Å². The van der Waals surface area contributed by atoms with Gasteiger partial charge in [-0.1, -0.05) is 0 Å². The fourth-order valence-electron chi connectivity index (χ4n) is 2.88. The summed E-state index contributed by atoms with van der Waals surface area (Å²) in [7, 11) is 1.46. The van der Waals surface area contributed by atoms with E-state index in [1.54, 1.807) is 31.2 Å². The molecule has 32 heavy (non-hydrogen) atoms. The molecule has 0 aromatic carbocycles. The van der Waals surface area contributed by atoms with Crippen LogP contribution in [0.1, 0.15) is 48.7 Å². The van der Waals surface area contributed by atoms with Crippen molar-refractivity contribution in [3.63, 3.8) is 0 Å². The molecular weight excluding hydrogens is 438 g/mol. The summed E-state index contributed by atoms with van der Waals surface area (Å²) >= 11 is 0.933. The fourth-order valence-corrected chi connectivity index (χ4v) is 4.04. The Labute approximate surface area is 186 Å². The van der Waals surface area contributed by atoms with Crippen molar-refractivity contribution in [1.82, 2.24) is 19.9 Å². The Morgan fingerprint density at radius 3 is 2.53 bits per heavy atom. The molecule has 3 aromatic rings. The minimum atomic E-state index is -0.714. The van der Waals surface area contributed by atoms with Gasteiger partial charge < -0.3 is 20.1 Å². The zero-order valence-corrected chi connectivity index (χ0v) is 18.7. The third-order valence-electron chi connectivity index (χ3n) is 4.46. The Bertz CT molecular complexity index is 1210. The van der Waals surface area contributed by atoms with Gasteiger partial charge in [-0.05, 0) is 38.5 Å². The molecule has 2 amide bonds. The minimum absolute atomic E-state index is 0.0867. The van der Waals surface area contributed by atoms with Gasteiger partial charge in [-0.25, -0.2) is 9.59 Å². The molecule has 12 heteroatoms. The van der Waals surface area contributed by atoms with Crippen molar-refractivity contribution in [3.8, 4) is 0 Å². The summed E-state index contributed by atoms with van der Waals surface area (Å²) in [6.45, 7) is 4.51. The Kier molecular flexibility index (Phi) is 6.83. The molecule has 0 saturated heterocycles. The SMILES string of the molecule is CCOC(=O)c1c(NC(=O)COC(=O)c2ccc3nnc(C)n3c2)sc(C(=O)NC)c1C. The second-order valence-electron chi connectivity index (χ2n) is 6.58. The van der Waals surface area contributed by atoms with Gasteiger partial charge in [0, 0.05) is 13.2 Å². The van der Waals surface area contributed by atoms with E-state index in [2.05, 4.69) is 20.8 Å². The van der Waals surface area contributed by atoms with Gasteiger partial charge >= 0.3 is 11.9 Å². The first-order valence-corrected chi connectivity index (χ1v) is 10.4. The summed E-state index contributed by atoms with van der Waals surface area (Å²) < 4.78 is 11.7. The van der Waals surface area contributed by atoms with Crippen LogP contribution in [0.5, 0.6) is 0 Å². The smallest absolute Gasteiger partial charge is 0.341 e. The largest absolute Gasteiger partial charge is 0.462 e. The van der Waals surface area contributed by atoms with Crippen molar-refractivity contribution in [2.45, 2.75) is 20.8 Å². The van der Waals surface area contributed by atoms with Crippen LogP contribution in [0.25, 0.3) is 5.65 Å². The maximum atomic E-state index is 12.4. The molecule has 0 aliphatic rings. The van der Waals surface area contributed by atoms with Crippen LogP contribution in [0.15, 0.2) is 18.3 Å². The van der Waals surface area contributed by atoms with E-state index in [4.69, 9.17) is 9.47 Å². The lowest BCUT2D eigenvalue weighted by atomic mass is 10.1. The number of thiophene rings is 1. The second kappa shape index (κ2) is 9.56. The number of hydrogen-bond donors (Lipinski definition) is 2. The van der Waals surface area contributed by atoms with E-state index in [1.165, 1.54) is 19.3 Å². The van der Waals surface area contributed by atoms with Crippen molar-refractivity contribution in [1.29, 1.82) is 0 Å². The first kappa shape index (κ1) is 22.9. The van der Waals surface area contributed by atoms with Crippen molar-refractivity contribution in [3.05, 3.63) is 45.7 Å². The first-order chi connectivity index (χ1) is 15.3. The van der Waals surface area contributed by atoms with Crippen molar-refractivity contribution >= 4 is 45.7 Å². The van der Waals surface area contributed by atoms with E-state index in [-0.39, 0.29) is 27.6 Å². The molecule has 0 bridgehead atoms. The molecular formula is C20H21N5O6S. The molecule has 168 valence electrons. The van der Waals surface area contributed by atoms with E-state index in [9.17, 15) is 19.2 Å². The highest BCUT2D eigenvalue weighted by Gasteiger charge is 2.26. The average Bonchev–Trinajstić information content (AvgIpc) is 3.30. The van der Waals surface area contributed by atoms with Crippen LogP contribution in [0, 0.1) is 13.8 Å². The van der Waals surface area contributed by atoms with Crippen molar-refractivity contribution in [2.75, 3.05) is 25.6 Å². The van der Waals surface area contributed by atoms with Gasteiger partial charge in [-0.2, -0.15) is 0 Å². The summed E-state index contributed by atoms with van der Waals surface area (Å²) in [4.78, 5) is 49.5. The summed E-state index contributed by atoms with van der Waals surface area (Å²) in [6.07, 6.45) is 1.52. The number of esters is 2. The standard InChI is InChI=1S/C20H21N5O6S/c1-5-30-20(29)15-10(2)16(17(27)21-4)32-18(15)22-14(26)9-31-19(28)12-6-7-13-24-23-11(3)25(13)8-12/h6-8H,5,9H2,1-4H3,(H,21,27)(H,22,26). The van der Waals surface area contributed by atoms with Crippen LogP contribution in [-0.4, -0.2) is 58.6 Å². The predicted octanol–water partition coefficient (Wildman–Crippen LogP) is 1.74. The fraction of sp³-hybridized carbons (Fsp3) is 0.300. The molecule has 0 saturated carbocycles. The Morgan fingerprint density at radius 2 is 1.84 bits per heavy atom. The first-order valence-electron chi connectivity index (χ1n) is 9.57. The van der Waals surface area contributed by atoms with E-state index in [0.717, 1.165) is 11.3 Å². The third-order valence-corrected chi connectivity index (χ3v) is 5.66. The molecule has 3 rings (SSSR count). The van der Waals surface area contributed by atoms with Gasteiger partial charge in [0.25, 0.3) is 11.8 Å². The number of nitrogens with zero attached hydrogens (tertiary/aromatic N) is 3. The van der Waals surface area contributed by atoms with Crippen molar-refractivity contribution < 1.29 is 28.7 Å². The van der Waals surface area contributed by atoms with Gasteiger partial charge in [0.15, 0.2) is 12.3 Å². The predicted molar refractivity (Wildman–Crippen MR) is 115 cm³/mol. The Hall–Kier alpha value is -3.80. The summed E-state index contributed by atoms with van der Waals surface area (Å²) in [5.41, 5.74) is 1.26. The van der Waals surface area contributed by atoms with E-state index >= 15 is 0 Å². The number of nitrogens with one attached hydrogen (secondary N) is 2. The number of fused-ring (bicyclic) bond motifs is 1. The quantitative estimate of drug-likeness (QED) is 0.509. The van der Waals surface area contributed by atoms with Crippen LogP contribution >= 0.6 is 11.3 Å². The summed E-state index contributed by atoms with van der Waals surface area (Å²) in [6, 6.07) is 3.12. The van der Waals surface area contributed by atoms with Crippen LogP contribution < -0.4 is 10.6 Å². The zero-order valence-electron chi connectivity index (χ0n) is 17.8. The number of carbonyl (C=O) groups excluding carboxylic acids is 4. The molecule has 3 aromatic heterocycles. The molecule has 0 atom stereocenters. The molecule has 11 nitrogen and oxygen atoms in total. The van der Waals surface area contributed by atoms with E-state index in [1.807, 2.05) is 0 Å². The van der Waals surface area contributed by atoms with E-state index < -0.39 is 30.4 Å². The lowest BCUT2D eigenvalue weighted by Crippen LogP contribution is -2.22. The van der Waals surface area contributed by atoms with Gasteiger partial charge in [-0.3, -0.25) is 14.0 Å². The summed E-state index contributed by atoms with van der Waals surface area (Å²) in [5.74, 6) is -1.85.